The van der Waals surface area contributed by atoms with Gasteiger partial charge in [-0.2, -0.15) is 0 Å². The molecule has 0 saturated carbocycles. The molecule has 27 heavy (non-hydrogen) atoms. The first kappa shape index (κ1) is 17.7. The van der Waals surface area contributed by atoms with E-state index in [1.807, 2.05) is 78.4 Å². The smallest absolute Gasteiger partial charge is 0.253 e. The number of carbonyl (C=O) groups is 2. The molecule has 2 fully saturated rings. The van der Waals surface area contributed by atoms with E-state index in [0.717, 1.165) is 23.2 Å². The molecule has 5 nitrogen and oxygen atoms in total. The van der Waals surface area contributed by atoms with Gasteiger partial charge in [-0.25, -0.2) is 0 Å². The Balaban J connectivity index is 1.56. The maximum atomic E-state index is 13.0. The van der Waals surface area contributed by atoms with Gasteiger partial charge in [0, 0.05) is 30.9 Å². The molecule has 4 rings (SSSR count). The maximum Gasteiger partial charge on any atom is 0.253 e. The highest BCUT2D eigenvalue weighted by Gasteiger charge is 2.48. The molecular formula is C22H25N3O2. The molecule has 5 heteroatoms. The van der Waals surface area contributed by atoms with Crippen LogP contribution in [0, 0.1) is 6.92 Å². The van der Waals surface area contributed by atoms with Crippen LogP contribution >= 0.6 is 0 Å². The summed E-state index contributed by atoms with van der Waals surface area (Å²) < 4.78 is 0. The van der Waals surface area contributed by atoms with Crippen molar-refractivity contribution < 1.29 is 9.59 Å². The van der Waals surface area contributed by atoms with Crippen LogP contribution < -0.4 is 4.90 Å². The van der Waals surface area contributed by atoms with E-state index < -0.39 is 0 Å². The van der Waals surface area contributed by atoms with Gasteiger partial charge < -0.3 is 9.80 Å². The van der Waals surface area contributed by atoms with Gasteiger partial charge in [-0.3, -0.25) is 14.5 Å². The molecule has 2 aromatic carbocycles. The van der Waals surface area contributed by atoms with Gasteiger partial charge in [-0.05, 0) is 44.7 Å². The zero-order valence-corrected chi connectivity index (χ0v) is 15.9. The number of hydrogen-bond donors (Lipinski definition) is 0. The molecule has 2 aliphatic rings. The number of likely N-dealkylation sites (N-methyl/N-ethyl adjacent to an activating group) is 1. The number of nitrogens with zero attached hydrogens (tertiary/aromatic N) is 3. The van der Waals surface area contributed by atoms with Crippen molar-refractivity contribution >= 4 is 17.5 Å². The molecule has 0 aromatic heterocycles. The first-order chi connectivity index (χ1) is 13.0. The second-order valence-corrected chi connectivity index (χ2v) is 7.74. The van der Waals surface area contributed by atoms with Crippen molar-refractivity contribution in [2.75, 3.05) is 38.1 Å². The summed E-state index contributed by atoms with van der Waals surface area (Å²) in [6, 6.07) is 17.6. The van der Waals surface area contributed by atoms with Crippen molar-refractivity contribution in [3.05, 3.63) is 65.7 Å². The standard InChI is InChI=1S/C22H25N3O2/c1-17-7-6-8-18(13-17)21(27)24-12-11-22(15-24)16-25(20(26)14-23(22)2)19-9-4-3-5-10-19/h3-10,13H,11-12,14-16H2,1-2H3/t22-/m0/s1. The van der Waals surface area contributed by atoms with Gasteiger partial charge in [-0.15, -0.1) is 0 Å². The molecular weight excluding hydrogens is 338 g/mol. The lowest BCUT2D eigenvalue weighted by molar-refractivity contribution is -0.123. The van der Waals surface area contributed by atoms with Gasteiger partial charge in [0.25, 0.3) is 5.91 Å². The van der Waals surface area contributed by atoms with Crippen molar-refractivity contribution in [2.24, 2.45) is 0 Å². The quantitative estimate of drug-likeness (QED) is 0.824. The highest BCUT2D eigenvalue weighted by Crippen LogP contribution is 2.34. The fourth-order valence-corrected chi connectivity index (χ4v) is 4.23. The zero-order chi connectivity index (χ0) is 19.0. The number of anilines is 1. The van der Waals surface area contributed by atoms with Crippen LogP contribution in [0.25, 0.3) is 0 Å². The molecule has 2 aliphatic heterocycles. The Morgan fingerprint density at radius 3 is 2.56 bits per heavy atom. The van der Waals surface area contributed by atoms with Crippen LogP contribution in [0.4, 0.5) is 5.69 Å². The van der Waals surface area contributed by atoms with Gasteiger partial charge >= 0.3 is 0 Å². The molecule has 0 bridgehead atoms. The second-order valence-electron chi connectivity index (χ2n) is 7.74. The lowest BCUT2D eigenvalue weighted by atomic mass is 9.92. The van der Waals surface area contributed by atoms with Crippen molar-refractivity contribution in [3.63, 3.8) is 0 Å². The lowest BCUT2D eigenvalue weighted by Gasteiger charge is -2.46. The number of aryl methyl sites for hydroxylation is 1. The van der Waals surface area contributed by atoms with E-state index in [1.54, 1.807) is 0 Å². The predicted octanol–water partition coefficient (Wildman–Crippen LogP) is 2.56. The van der Waals surface area contributed by atoms with Crippen molar-refractivity contribution in [2.45, 2.75) is 18.9 Å². The van der Waals surface area contributed by atoms with E-state index in [0.29, 0.717) is 26.2 Å². The molecule has 0 unspecified atom stereocenters. The second kappa shape index (κ2) is 6.82. The molecule has 1 spiro atoms. The van der Waals surface area contributed by atoms with Crippen molar-refractivity contribution in [1.82, 2.24) is 9.80 Å². The van der Waals surface area contributed by atoms with Crippen molar-refractivity contribution in [3.8, 4) is 0 Å². The summed E-state index contributed by atoms with van der Waals surface area (Å²) in [5.74, 6) is 0.185. The number of piperazine rings is 1. The summed E-state index contributed by atoms with van der Waals surface area (Å²) in [6.07, 6.45) is 0.873. The molecule has 0 N–H and O–H groups in total. The van der Waals surface area contributed by atoms with E-state index in [9.17, 15) is 9.59 Å². The number of carbonyl (C=O) groups excluding carboxylic acids is 2. The minimum atomic E-state index is -0.191. The molecule has 2 saturated heterocycles. The fraction of sp³-hybridized carbons (Fsp3) is 0.364. The van der Waals surface area contributed by atoms with Gasteiger partial charge in [0.1, 0.15) is 0 Å². The third-order valence-electron chi connectivity index (χ3n) is 5.89. The number of likely N-dealkylation sites (tertiary alicyclic amines) is 1. The van der Waals surface area contributed by atoms with Crippen LogP contribution in [-0.2, 0) is 4.79 Å². The average molecular weight is 363 g/mol. The predicted molar refractivity (Wildman–Crippen MR) is 106 cm³/mol. The summed E-state index contributed by atoms with van der Waals surface area (Å²) in [4.78, 5) is 31.5. The topological polar surface area (TPSA) is 43.9 Å². The Hall–Kier alpha value is -2.66. The van der Waals surface area contributed by atoms with Crippen LogP contribution in [0.3, 0.4) is 0 Å². The summed E-state index contributed by atoms with van der Waals surface area (Å²) in [7, 11) is 2.00. The first-order valence-electron chi connectivity index (χ1n) is 9.41. The molecule has 2 aromatic rings. The van der Waals surface area contributed by atoms with Gasteiger partial charge in [-0.1, -0.05) is 35.9 Å². The summed E-state index contributed by atoms with van der Waals surface area (Å²) >= 11 is 0. The van der Waals surface area contributed by atoms with Crippen LogP contribution in [0.1, 0.15) is 22.3 Å². The van der Waals surface area contributed by atoms with E-state index in [4.69, 9.17) is 0 Å². The number of benzene rings is 2. The fourth-order valence-electron chi connectivity index (χ4n) is 4.23. The summed E-state index contributed by atoms with van der Waals surface area (Å²) in [6.45, 7) is 4.35. The van der Waals surface area contributed by atoms with E-state index in [2.05, 4.69) is 4.90 Å². The van der Waals surface area contributed by atoms with Crippen LogP contribution in [0.15, 0.2) is 54.6 Å². The minimum absolute atomic E-state index is 0.0761. The maximum absolute atomic E-state index is 13.0. The van der Waals surface area contributed by atoms with Crippen LogP contribution in [0.5, 0.6) is 0 Å². The highest BCUT2D eigenvalue weighted by atomic mass is 16.2. The monoisotopic (exact) mass is 363 g/mol. The lowest BCUT2D eigenvalue weighted by Crippen LogP contribution is -2.64. The number of rotatable bonds is 2. The largest absolute Gasteiger partial charge is 0.337 e. The molecule has 2 heterocycles. The zero-order valence-electron chi connectivity index (χ0n) is 15.9. The van der Waals surface area contributed by atoms with Gasteiger partial charge in [0.2, 0.25) is 5.91 Å². The van der Waals surface area contributed by atoms with Crippen LogP contribution in [-0.4, -0.2) is 60.4 Å². The van der Waals surface area contributed by atoms with Crippen LogP contribution in [0.2, 0.25) is 0 Å². The Morgan fingerprint density at radius 1 is 1.04 bits per heavy atom. The average Bonchev–Trinajstić information content (AvgIpc) is 3.10. The normalized spacial score (nSPS) is 23.3. The third-order valence-corrected chi connectivity index (χ3v) is 5.89. The summed E-state index contributed by atoms with van der Waals surface area (Å²) in [5.41, 5.74) is 2.56. The molecule has 1 atom stereocenters. The SMILES string of the molecule is Cc1cccc(C(=O)N2CC[C@]3(C2)CN(c2ccccc2)C(=O)CN3C)c1. The number of amides is 2. The van der Waals surface area contributed by atoms with E-state index in [-0.39, 0.29) is 17.4 Å². The summed E-state index contributed by atoms with van der Waals surface area (Å²) in [5, 5.41) is 0. The van der Waals surface area contributed by atoms with E-state index >= 15 is 0 Å². The molecule has 2 amide bonds. The first-order valence-corrected chi connectivity index (χ1v) is 9.41. The molecule has 0 aliphatic carbocycles. The highest BCUT2D eigenvalue weighted by molar-refractivity contribution is 5.97. The Bertz CT molecular complexity index is 867. The molecule has 0 radical (unpaired) electrons. The van der Waals surface area contributed by atoms with Crippen molar-refractivity contribution in [1.29, 1.82) is 0 Å². The Kier molecular flexibility index (Phi) is 4.48. The minimum Gasteiger partial charge on any atom is -0.337 e. The van der Waals surface area contributed by atoms with Gasteiger partial charge in [0.15, 0.2) is 0 Å². The van der Waals surface area contributed by atoms with Gasteiger partial charge in [0.05, 0.1) is 12.1 Å². The molecule has 140 valence electrons. The van der Waals surface area contributed by atoms with E-state index in [1.165, 1.54) is 0 Å². The number of hydrogen-bond acceptors (Lipinski definition) is 3. The number of para-hydroxylation sites is 1. The Morgan fingerprint density at radius 2 is 1.81 bits per heavy atom. The third kappa shape index (κ3) is 3.23. The Labute approximate surface area is 160 Å².